The van der Waals surface area contributed by atoms with Crippen molar-refractivity contribution in [1.82, 2.24) is 10.2 Å². The summed E-state index contributed by atoms with van der Waals surface area (Å²) >= 11 is 0. The third kappa shape index (κ3) is 3.93. The van der Waals surface area contributed by atoms with Gasteiger partial charge in [0.15, 0.2) is 0 Å². The number of hydrogen-bond donors (Lipinski definition) is 2. The third-order valence-corrected chi connectivity index (χ3v) is 2.37. The Labute approximate surface area is 106 Å². The van der Waals surface area contributed by atoms with Crippen molar-refractivity contribution in [2.75, 3.05) is 13.6 Å². The van der Waals surface area contributed by atoms with Crippen molar-refractivity contribution in [3.05, 3.63) is 48.0 Å². The van der Waals surface area contributed by atoms with Crippen molar-refractivity contribution >= 4 is 12.0 Å². The third-order valence-electron chi connectivity index (χ3n) is 2.37. The molecule has 1 aromatic carbocycles. The molecule has 1 aromatic rings. The molecule has 18 heavy (non-hydrogen) atoms. The van der Waals surface area contributed by atoms with Crippen LogP contribution in [-0.4, -0.2) is 35.6 Å². The monoisotopic (exact) mass is 248 g/mol. The summed E-state index contributed by atoms with van der Waals surface area (Å²) in [6, 6.07) is 6.24. The Morgan fingerprint density at radius 2 is 2.22 bits per heavy atom. The van der Waals surface area contributed by atoms with Crippen LogP contribution in [0.4, 0.5) is 4.79 Å². The first-order valence-corrected chi connectivity index (χ1v) is 5.46. The summed E-state index contributed by atoms with van der Waals surface area (Å²) in [6.07, 6.45) is 1.63. The van der Waals surface area contributed by atoms with Crippen LogP contribution in [0.3, 0.4) is 0 Å². The standard InChI is InChI=1S/C13H16N2O3/c1-3-7-15(2)13(18)14-9-10-5-4-6-11(8-10)12(16)17/h3-6,8H,1,7,9H2,2H3,(H,14,18)(H,16,17). The lowest BCUT2D eigenvalue weighted by Crippen LogP contribution is -2.36. The van der Waals surface area contributed by atoms with Gasteiger partial charge in [-0.25, -0.2) is 9.59 Å². The molecule has 0 unspecified atom stereocenters. The molecular formula is C13H16N2O3. The fraction of sp³-hybridized carbons (Fsp3) is 0.231. The van der Waals surface area contributed by atoms with E-state index >= 15 is 0 Å². The molecule has 0 aliphatic rings. The molecule has 0 bridgehead atoms. The Morgan fingerprint density at radius 1 is 1.50 bits per heavy atom. The molecular weight excluding hydrogens is 232 g/mol. The van der Waals surface area contributed by atoms with Crippen LogP contribution in [0.25, 0.3) is 0 Å². The maximum absolute atomic E-state index is 11.6. The van der Waals surface area contributed by atoms with Gasteiger partial charge in [0.05, 0.1) is 5.56 Å². The average Bonchev–Trinajstić information content (AvgIpc) is 2.36. The Morgan fingerprint density at radius 3 is 2.83 bits per heavy atom. The number of likely N-dealkylation sites (N-methyl/N-ethyl adjacent to an activating group) is 1. The number of rotatable bonds is 5. The average molecular weight is 248 g/mol. The molecule has 0 atom stereocenters. The molecule has 2 amide bonds. The summed E-state index contributed by atoms with van der Waals surface area (Å²) in [7, 11) is 1.66. The highest BCUT2D eigenvalue weighted by Crippen LogP contribution is 2.05. The van der Waals surface area contributed by atoms with Crippen molar-refractivity contribution in [3.8, 4) is 0 Å². The normalized spacial score (nSPS) is 9.61. The molecule has 0 aliphatic carbocycles. The number of aromatic carboxylic acids is 1. The molecule has 0 saturated heterocycles. The summed E-state index contributed by atoms with van der Waals surface area (Å²) in [6.45, 7) is 4.30. The minimum Gasteiger partial charge on any atom is -0.478 e. The second-order valence-corrected chi connectivity index (χ2v) is 3.83. The first-order valence-electron chi connectivity index (χ1n) is 5.46. The van der Waals surface area contributed by atoms with E-state index in [1.807, 2.05) is 0 Å². The van der Waals surface area contributed by atoms with E-state index in [-0.39, 0.29) is 11.6 Å². The van der Waals surface area contributed by atoms with Gasteiger partial charge in [0.25, 0.3) is 0 Å². The largest absolute Gasteiger partial charge is 0.478 e. The summed E-state index contributed by atoms with van der Waals surface area (Å²) in [5, 5.41) is 11.5. The number of urea groups is 1. The maximum atomic E-state index is 11.6. The fourth-order valence-electron chi connectivity index (χ4n) is 1.40. The highest BCUT2D eigenvalue weighted by molar-refractivity contribution is 5.87. The van der Waals surface area contributed by atoms with Gasteiger partial charge in [0, 0.05) is 20.1 Å². The van der Waals surface area contributed by atoms with Crippen molar-refractivity contribution in [1.29, 1.82) is 0 Å². The van der Waals surface area contributed by atoms with Gasteiger partial charge in [-0.15, -0.1) is 6.58 Å². The number of nitrogens with zero attached hydrogens (tertiary/aromatic N) is 1. The van der Waals surface area contributed by atoms with E-state index in [0.717, 1.165) is 5.56 Å². The Bertz CT molecular complexity index is 457. The molecule has 96 valence electrons. The predicted octanol–water partition coefficient (Wildman–Crippen LogP) is 1.71. The smallest absolute Gasteiger partial charge is 0.335 e. The molecule has 2 N–H and O–H groups in total. The van der Waals surface area contributed by atoms with Crippen LogP contribution in [0.2, 0.25) is 0 Å². The van der Waals surface area contributed by atoms with Crippen LogP contribution in [-0.2, 0) is 6.54 Å². The molecule has 0 fully saturated rings. The molecule has 0 saturated carbocycles. The first-order chi connectivity index (χ1) is 8.54. The predicted molar refractivity (Wildman–Crippen MR) is 68.5 cm³/mol. The van der Waals surface area contributed by atoms with Crippen LogP contribution >= 0.6 is 0 Å². The van der Waals surface area contributed by atoms with E-state index in [1.54, 1.807) is 25.3 Å². The fourth-order valence-corrected chi connectivity index (χ4v) is 1.40. The van der Waals surface area contributed by atoms with Gasteiger partial charge in [-0.2, -0.15) is 0 Å². The Kier molecular flexibility index (Phi) is 4.92. The lowest BCUT2D eigenvalue weighted by Gasteiger charge is -2.15. The zero-order valence-electron chi connectivity index (χ0n) is 10.2. The second-order valence-electron chi connectivity index (χ2n) is 3.83. The van der Waals surface area contributed by atoms with E-state index in [9.17, 15) is 9.59 Å². The highest BCUT2D eigenvalue weighted by atomic mass is 16.4. The topological polar surface area (TPSA) is 69.6 Å². The number of carbonyl (C=O) groups excluding carboxylic acids is 1. The lowest BCUT2D eigenvalue weighted by atomic mass is 10.1. The van der Waals surface area contributed by atoms with Crippen LogP contribution in [0, 0.1) is 0 Å². The van der Waals surface area contributed by atoms with Crippen LogP contribution < -0.4 is 5.32 Å². The summed E-state index contributed by atoms with van der Waals surface area (Å²) < 4.78 is 0. The summed E-state index contributed by atoms with van der Waals surface area (Å²) in [5.41, 5.74) is 0.955. The quantitative estimate of drug-likeness (QED) is 0.779. The molecule has 0 radical (unpaired) electrons. The van der Waals surface area contributed by atoms with Gasteiger partial charge < -0.3 is 15.3 Å². The van der Waals surface area contributed by atoms with Crippen molar-refractivity contribution < 1.29 is 14.7 Å². The zero-order valence-corrected chi connectivity index (χ0v) is 10.2. The zero-order chi connectivity index (χ0) is 13.5. The number of carboxylic acids is 1. The van der Waals surface area contributed by atoms with Crippen LogP contribution in [0.15, 0.2) is 36.9 Å². The number of hydrogen-bond acceptors (Lipinski definition) is 2. The van der Waals surface area contributed by atoms with E-state index in [4.69, 9.17) is 5.11 Å². The van der Waals surface area contributed by atoms with Crippen LogP contribution in [0.5, 0.6) is 0 Å². The first kappa shape index (κ1) is 13.8. The lowest BCUT2D eigenvalue weighted by molar-refractivity contribution is 0.0696. The van der Waals surface area contributed by atoms with E-state index in [2.05, 4.69) is 11.9 Å². The molecule has 1 rings (SSSR count). The Hall–Kier alpha value is -2.30. The number of benzene rings is 1. The molecule has 5 nitrogen and oxygen atoms in total. The molecule has 0 aliphatic heterocycles. The van der Waals surface area contributed by atoms with Gasteiger partial charge in [0.2, 0.25) is 0 Å². The van der Waals surface area contributed by atoms with E-state index in [1.165, 1.54) is 17.0 Å². The van der Waals surface area contributed by atoms with Gasteiger partial charge in [-0.3, -0.25) is 0 Å². The van der Waals surface area contributed by atoms with Gasteiger partial charge in [0.1, 0.15) is 0 Å². The number of amides is 2. The summed E-state index contributed by atoms with van der Waals surface area (Å²) in [5.74, 6) is -0.980. The van der Waals surface area contributed by atoms with Crippen molar-refractivity contribution in [2.24, 2.45) is 0 Å². The number of carboxylic acid groups (broad SMARTS) is 1. The van der Waals surface area contributed by atoms with E-state index in [0.29, 0.717) is 13.1 Å². The van der Waals surface area contributed by atoms with E-state index < -0.39 is 5.97 Å². The SMILES string of the molecule is C=CCN(C)C(=O)NCc1cccc(C(=O)O)c1. The summed E-state index contributed by atoms with van der Waals surface area (Å²) in [4.78, 5) is 23.8. The number of carbonyl (C=O) groups is 2. The van der Waals surface area contributed by atoms with Crippen molar-refractivity contribution in [2.45, 2.75) is 6.54 Å². The van der Waals surface area contributed by atoms with Crippen molar-refractivity contribution in [3.63, 3.8) is 0 Å². The van der Waals surface area contributed by atoms with Gasteiger partial charge >= 0.3 is 12.0 Å². The molecule has 0 heterocycles. The van der Waals surface area contributed by atoms with Crippen LogP contribution in [0.1, 0.15) is 15.9 Å². The molecule has 5 heteroatoms. The maximum Gasteiger partial charge on any atom is 0.335 e. The van der Waals surface area contributed by atoms with Gasteiger partial charge in [-0.05, 0) is 17.7 Å². The molecule has 0 spiro atoms. The van der Waals surface area contributed by atoms with Gasteiger partial charge in [-0.1, -0.05) is 18.2 Å². The number of nitrogens with one attached hydrogen (secondary N) is 1. The highest BCUT2D eigenvalue weighted by Gasteiger charge is 2.07. The minimum absolute atomic E-state index is 0.209. The minimum atomic E-state index is -0.980. The molecule has 0 aromatic heterocycles. The second kappa shape index (κ2) is 6.44. The Balaban J connectivity index is 2.58.